The maximum absolute atomic E-state index is 12.7. The Morgan fingerprint density at radius 1 is 1.24 bits per heavy atom. The van der Waals surface area contributed by atoms with Crippen LogP contribution in [0.4, 0.5) is 0 Å². The fourth-order valence-electron chi connectivity index (χ4n) is 2.45. The van der Waals surface area contributed by atoms with Crippen LogP contribution in [0.15, 0.2) is 40.6 Å². The number of sulfonamides is 1. The van der Waals surface area contributed by atoms with Gasteiger partial charge in [0.15, 0.2) is 0 Å². The van der Waals surface area contributed by atoms with Crippen LogP contribution in [0.3, 0.4) is 0 Å². The topological polar surface area (TPSA) is 61.2 Å². The van der Waals surface area contributed by atoms with Gasteiger partial charge >= 0.3 is 0 Å². The molecular weight excluding hydrogens is 304 g/mol. The number of nitrogens with zero attached hydrogens (tertiary/aromatic N) is 2. The van der Waals surface area contributed by atoms with Crippen molar-refractivity contribution in [3.8, 4) is 6.07 Å². The molecule has 3 rings (SSSR count). The molecule has 0 bridgehead atoms. The first-order valence-electron chi connectivity index (χ1n) is 6.62. The predicted octanol–water partition coefficient (Wildman–Crippen LogP) is 2.56. The highest BCUT2D eigenvalue weighted by Gasteiger charge is 2.28. The Morgan fingerprint density at radius 2 is 2.00 bits per heavy atom. The summed E-state index contributed by atoms with van der Waals surface area (Å²) in [5.41, 5.74) is 1.94. The first-order chi connectivity index (χ1) is 10.1. The van der Waals surface area contributed by atoms with E-state index in [9.17, 15) is 8.42 Å². The second-order valence-corrected chi connectivity index (χ2v) is 7.88. The molecular formula is C15H14N2O2S2. The van der Waals surface area contributed by atoms with Crippen molar-refractivity contribution in [2.75, 3.05) is 6.54 Å². The third-order valence-corrected chi connectivity index (χ3v) is 6.50. The Bertz CT molecular complexity index is 786. The number of nitriles is 1. The standard InChI is InChI=1S/C15H14N2O2S2/c16-8-5-12-1-3-14(4-2-12)21(18,19)17-9-6-15-13(11-17)7-10-20-15/h1-4,7,10H,5-6,9,11H2. The normalized spacial score (nSPS) is 15.4. The Labute approximate surface area is 128 Å². The first kappa shape index (κ1) is 14.3. The van der Waals surface area contributed by atoms with Crippen molar-refractivity contribution < 1.29 is 8.42 Å². The van der Waals surface area contributed by atoms with Gasteiger partial charge in [0.2, 0.25) is 10.0 Å². The molecule has 2 heterocycles. The predicted molar refractivity (Wildman–Crippen MR) is 81.4 cm³/mol. The van der Waals surface area contributed by atoms with E-state index in [-0.39, 0.29) is 0 Å². The molecule has 1 aliphatic rings. The van der Waals surface area contributed by atoms with Gasteiger partial charge in [0.05, 0.1) is 17.4 Å². The first-order valence-corrected chi connectivity index (χ1v) is 8.94. The molecule has 4 nitrogen and oxygen atoms in total. The molecule has 0 saturated heterocycles. The van der Waals surface area contributed by atoms with Crippen molar-refractivity contribution in [2.45, 2.75) is 24.3 Å². The highest BCUT2D eigenvalue weighted by Crippen LogP contribution is 2.28. The van der Waals surface area contributed by atoms with E-state index in [0.29, 0.717) is 24.4 Å². The zero-order valence-electron chi connectivity index (χ0n) is 11.3. The van der Waals surface area contributed by atoms with E-state index in [1.165, 1.54) is 9.18 Å². The van der Waals surface area contributed by atoms with Gasteiger partial charge in [-0.05, 0) is 41.1 Å². The second kappa shape index (κ2) is 5.60. The SMILES string of the molecule is N#CCc1ccc(S(=O)(=O)N2CCc3sccc3C2)cc1. The van der Waals surface area contributed by atoms with E-state index in [4.69, 9.17) is 5.26 Å². The van der Waals surface area contributed by atoms with Gasteiger partial charge in [0, 0.05) is 18.0 Å². The van der Waals surface area contributed by atoms with Gasteiger partial charge in [-0.2, -0.15) is 9.57 Å². The van der Waals surface area contributed by atoms with Crippen molar-refractivity contribution in [1.82, 2.24) is 4.31 Å². The number of benzene rings is 1. The summed E-state index contributed by atoms with van der Waals surface area (Å²) in [5, 5.41) is 10.7. The average molecular weight is 318 g/mol. The summed E-state index contributed by atoms with van der Waals surface area (Å²) in [5.74, 6) is 0. The van der Waals surface area contributed by atoms with Gasteiger partial charge in [0.1, 0.15) is 0 Å². The molecule has 0 fully saturated rings. The van der Waals surface area contributed by atoms with Gasteiger partial charge in [-0.1, -0.05) is 12.1 Å². The molecule has 6 heteroatoms. The molecule has 108 valence electrons. The van der Waals surface area contributed by atoms with Crippen molar-refractivity contribution in [3.63, 3.8) is 0 Å². The molecule has 0 atom stereocenters. The van der Waals surface area contributed by atoms with E-state index in [1.807, 2.05) is 11.4 Å². The molecule has 0 N–H and O–H groups in total. The van der Waals surface area contributed by atoms with E-state index >= 15 is 0 Å². The molecule has 0 unspecified atom stereocenters. The molecule has 21 heavy (non-hydrogen) atoms. The van der Waals surface area contributed by atoms with Crippen LogP contribution >= 0.6 is 11.3 Å². The van der Waals surface area contributed by atoms with Crippen LogP contribution in [-0.2, 0) is 29.4 Å². The Morgan fingerprint density at radius 3 is 2.71 bits per heavy atom. The van der Waals surface area contributed by atoms with Crippen LogP contribution in [0.25, 0.3) is 0 Å². The molecule has 1 aromatic heterocycles. The molecule has 1 aromatic carbocycles. The van der Waals surface area contributed by atoms with Crippen molar-refractivity contribution in [2.24, 2.45) is 0 Å². The summed E-state index contributed by atoms with van der Waals surface area (Å²) < 4.78 is 26.8. The summed E-state index contributed by atoms with van der Waals surface area (Å²) in [6, 6.07) is 10.6. The van der Waals surface area contributed by atoms with Crippen LogP contribution in [0.2, 0.25) is 0 Å². The summed E-state index contributed by atoms with van der Waals surface area (Å²) in [6.07, 6.45) is 1.07. The summed E-state index contributed by atoms with van der Waals surface area (Å²) in [6.45, 7) is 0.969. The van der Waals surface area contributed by atoms with Crippen LogP contribution in [0, 0.1) is 11.3 Å². The third kappa shape index (κ3) is 2.72. The van der Waals surface area contributed by atoms with E-state index < -0.39 is 10.0 Å². The molecule has 0 spiro atoms. The number of hydrogen-bond acceptors (Lipinski definition) is 4. The minimum atomic E-state index is -3.46. The van der Waals surface area contributed by atoms with Crippen molar-refractivity contribution >= 4 is 21.4 Å². The van der Waals surface area contributed by atoms with E-state index in [1.54, 1.807) is 35.6 Å². The van der Waals surface area contributed by atoms with Gasteiger partial charge in [-0.25, -0.2) is 8.42 Å². The summed E-state index contributed by atoms with van der Waals surface area (Å²) in [4.78, 5) is 1.58. The maximum atomic E-state index is 12.7. The highest BCUT2D eigenvalue weighted by atomic mass is 32.2. The van der Waals surface area contributed by atoms with Crippen LogP contribution in [0.5, 0.6) is 0 Å². The number of thiophene rings is 1. The van der Waals surface area contributed by atoms with Gasteiger partial charge in [-0.3, -0.25) is 0 Å². The monoisotopic (exact) mass is 318 g/mol. The molecule has 0 radical (unpaired) electrons. The molecule has 2 aromatic rings. The van der Waals surface area contributed by atoms with Crippen LogP contribution in [0.1, 0.15) is 16.0 Å². The lowest BCUT2D eigenvalue weighted by Gasteiger charge is -2.26. The Kier molecular flexibility index (Phi) is 3.81. The zero-order chi connectivity index (χ0) is 14.9. The minimum Gasteiger partial charge on any atom is -0.207 e. The van der Waals surface area contributed by atoms with Crippen molar-refractivity contribution in [1.29, 1.82) is 5.26 Å². The molecule has 1 aliphatic heterocycles. The van der Waals surface area contributed by atoms with E-state index in [2.05, 4.69) is 6.07 Å². The molecule has 0 aliphatic carbocycles. The second-order valence-electron chi connectivity index (χ2n) is 4.94. The van der Waals surface area contributed by atoms with Gasteiger partial charge in [-0.15, -0.1) is 11.3 Å². The maximum Gasteiger partial charge on any atom is 0.243 e. The molecule has 0 amide bonds. The minimum absolute atomic E-state index is 0.294. The lowest BCUT2D eigenvalue weighted by Crippen LogP contribution is -2.35. The zero-order valence-corrected chi connectivity index (χ0v) is 13.0. The average Bonchev–Trinajstić information content (AvgIpc) is 2.95. The Hall–Kier alpha value is -1.68. The Balaban J connectivity index is 1.86. The van der Waals surface area contributed by atoms with Crippen LogP contribution in [-0.4, -0.2) is 19.3 Å². The largest absolute Gasteiger partial charge is 0.243 e. The number of rotatable bonds is 3. The third-order valence-electron chi connectivity index (χ3n) is 3.62. The van der Waals surface area contributed by atoms with Crippen molar-refractivity contribution in [3.05, 3.63) is 51.7 Å². The highest BCUT2D eigenvalue weighted by molar-refractivity contribution is 7.89. The smallest absolute Gasteiger partial charge is 0.207 e. The van der Waals surface area contributed by atoms with Gasteiger partial charge in [0.25, 0.3) is 0 Å². The number of hydrogen-bond donors (Lipinski definition) is 0. The fraction of sp³-hybridized carbons (Fsp3) is 0.267. The lowest BCUT2D eigenvalue weighted by molar-refractivity contribution is 0.394. The van der Waals surface area contributed by atoms with Gasteiger partial charge < -0.3 is 0 Å². The lowest BCUT2D eigenvalue weighted by atomic mass is 10.1. The quantitative estimate of drug-likeness (QED) is 0.874. The summed E-state index contributed by atoms with van der Waals surface area (Å²) >= 11 is 1.69. The van der Waals surface area contributed by atoms with Crippen LogP contribution < -0.4 is 0 Å². The fourth-order valence-corrected chi connectivity index (χ4v) is 4.76. The summed E-state index contributed by atoms with van der Waals surface area (Å²) in [7, 11) is -3.46. The van der Waals surface area contributed by atoms with E-state index in [0.717, 1.165) is 17.5 Å². The number of fused-ring (bicyclic) bond motifs is 1. The molecule has 0 saturated carbocycles.